The van der Waals surface area contributed by atoms with Gasteiger partial charge in [0.1, 0.15) is 0 Å². The smallest absolute Gasteiger partial charge is 0.337 e. The molecule has 0 amide bonds. The number of carboxylic acids is 1. The van der Waals surface area contributed by atoms with E-state index in [-0.39, 0.29) is 10.6 Å². The molecule has 0 aliphatic heterocycles. The highest BCUT2D eigenvalue weighted by atomic mass is 35.5. The van der Waals surface area contributed by atoms with Gasteiger partial charge in [0.25, 0.3) is 0 Å². The van der Waals surface area contributed by atoms with Crippen molar-refractivity contribution in [3.05, 3.63) is 34.5 Å². The van der Waals surface area contributed by atoms with E-state index in [1.807, 2.05) is 6.92 Å². The predicted octanol–water partition coefficient (Wildman–Crippen LogP) is 3.10. The number of fused-ring (bicyclic) bond motifs is 1. The standard InChI is InChI=1S/C13H14ClNO3/c1-2-18-6-4-8-7-10(13(16)17)11(14)9-3-5-15-12(8)9/h3,5,7,15H,2,4,6H2,1H3,(H,16,17). The first-order valence-corrected chi connectivity index (χ1v) is 6.12. The molecule has 96 valence electrons. The van der Waals surface area contributed by atoms with E-state index in [1.165, 1.54) is 0 Å². The quantitative estimate of drug-likeness (QED) is 0.818. The second-order valence-corrected chi connectivity index (χ2v) is 4.29. The summed E-state index contributed by atoms with van der Waals surface area (Å²) in [5.41, 5.74) is 1.92. The number of aromatic nitrogens is 1. The van der Waals surface area contributed by atoms with Crippen LogP contribution in [0.4, 0.5) is 0 Å². The molecule has 0 atom stereocenters. The molecule has 1 aromatic carbocycles. The number of halogens is 1. The number of ether oxygens (including phenoxy) is 1. The van der Waals surface area contributed by atoms with Crippen molar-refractivity contribution in [3.8, 4) is 0 Å². The van der Waals surface area contributed by atoms with Gasteiger partial charge < -0.3 is 14.8 Å². The lowest BCUT2D eigenvalue weighted by Gasteiger charge is -2.08. The number of benzene rings is 1. The van der Waals surface area contributed by atoms with Gasteiger partial charge in [-0.1, -0.05) is 11.6 Å². The van der Waals surface area contributed by atoms with Crippen LogP contribution in [-0.4, -0.2) is 29.3 Å². The van der Waals surface area contributed by atoms with Gasteiger partial charge in [0, 0.05) is 18.2 Å². The van der Waals surface area contributed by atoms with Crippen LogP contribution in [0.3, 0.4) is 0 Å². The molecule has 0 aliphatic rings. The minimum Gasteiger partial charge on any atom is -0.478 e. The van der Waals surface area contributed by atoms with E-state index in [4.69, 9.17) is 21.4 Å². The minimum atomic E-state index is -1.01. The topological polar surface area (TPSA) is 62.3 Å². The van der Waals surface area contributed by atoms with Crippen molar-refractivity contribution in [2.75, 3.05) is 13.2 Å². The van der Waals surface area contributed by atoms with Crippen molar-refractivity contribution in [1.82, 2.24) is 4.98 Å². The maximum absolute atomic E-state index is 11.1. The average molecular weight is 268 g/mol. The van der Waals surface area contributed by atoms with Crippen molar-refractivity contribution in [1.29, 1.82) is 0 Å². The van der Waals surface area contributed by atoms with E-state index in [2.05, 4.69) is 4.98 Å². The van der Waals surface area contributed by atoms with Crippen LogP contribution in [0, 0.1) is 0 Å². The zero-order valence-corrected chi connectivity index (χ0v) is 10.8. The summed E-state index contributed by atoms with van der Waals surface area (Å²) >= 11 is 6.08. The molecule has 2 rings (SSSR count). The molecular formula is C13H14ClNO3. The van der Waals surface area contributed by atoms with Crippen molar-refractivity contribution in [2.45, 2.75) is 13.3 Å². The Labute approximate surface area is 110 Å². The van der Waals surface area contributed by atoms with Gasteiger partial charge in [-0.3, -0.25) is 0 Å². The zero-order chi connectivity index (χ0) is 13.1. The Bertz CT molecular complexity index is 577. The summed E-state index contributed by atoms with van der Waals surface area (Å²) in [6.07, 6.45) is 2.41. The Morgan fingerprint density at radius 2 is 2.33 bits per heavy atom. The summed E-state index contributed by atoms with van der Waals surface area (Å²) in [5.74, 6) is -1.01. The highest BCUT2D eigenvalue weighted by Crippen LogP contribution is 2.30. The molecule has 0 aliphatic carbocycles. The van der Waals surface area contributed by atoms with Gasteiger partial charge in [-0.15, -0.1) is 0 Å². The van der Waals surface area contributed by atoms with Gasteiger partial charge in [-0.05, 0) is 31.0 Å². The third kappa shape index (κ3) is 2.35. The molecule has 0 saturated carbocycles. The van der Waals surface area contributed by atoms with Crippen LogP contribution < -0.4 is 0 Å². The van der Waals surface area contributed by atoms with E-state index < -0.39 is 5.97 Å². The molecule has 4 nitrogen and oxygen atoms in total. The van der Waals surface area contributed by atoms with Crippen molar-refractivity contribution in [2.24, 2.45) is 0 Å². The van der Waals surface area contributed by atoms with Gasteiger partial charge in [0.15, 0.2) is 0 Å². The molecule has 18 heavy (non-hydrogen) atoms. The number of rotatable bonds is 5. The first kappa shape index (κ1) is 12.9. The maximum Gasteiger partial charge on any atom is 0.337 e. The molecule has 0 saturated heterocycles. The summed E-state index contributed by atoms with van der Waals surface area (Å²) < 4.78 is 5.30. The van der Waals surface area contributed by atoms with Crippen LogP contribution in [-0.2, 0) is 11.2 Å². The van der Waals surface area contributed by atoms with E-state index in [0.717, 1.165) is 16.5 Å². The van der Waals surface area contributed by atoms with Crippen LogP contribution in [0.1, 0.15) is 22.8 Å². The number of carboxylic acid groups (broad SMARTS) is 1. The van der Waals surface area contributed by atoms with E-state index >= 15 is 0 Å². The van der Waals surface area contributed by atoms with Crippen molar-refractivity contribution < 1.29 is 14.6 Å². The molecular weight excluding hydrogens is 254 g/mol. The maximum atomic E-state index is 11.1. The Balaban J connectivity index is 2.47. The summed E-state index contributed by atoms with van der Waals surface area (Å²) in [7, 11) is 0. The largest absolute Gasteiger partial charge is 0.478 e. The summed E-state index contributed by atoms with van der Waals surface area (Å²) in [4.78, 5) is 14.2. The van der Waals surface area contributed by atoms with E-state index in [1.54, 1.807) is 18.3 Å². The monoisotopic (exact) mass is 267 g/mol. The first-order chi connectivity index (χ1) is 8.65. The van der Waals surface area contributed by atoms with Gasteiger partial charge in [-0.25, -0.2) is 4.79 Å². The number of aromatic amines is 1. The summed E-state index contributed by atoms with van der Waals surface area (Å²) in [5, 5.41) is 10.1. The molecule has 1 aromatic heterocycles. The fraction of sp³-hybridized carbons (Fsp3) is 0.308. The van der Waals surface area contributed by atoms with Gasteiger partial charge in [0.05, 0.1) is 22.7 Å². The van der Waals surface area contributed by atoms with E-state index in [0.29, 0.717) is 19.6 Å². The minimum absolute atomic E-state index is 0.135. The summed E-state index contributed by atoms with van der Waals surface area (Å²) in [6.45, 7) is 3.13. The lowest BCUT2D eigenvalue weighted by Crippen LogP contribution is -2.03. The normalized spacial score (nSPS) is 11.0. The fourth-order valence-corrected chi connectivity index (χ4v) is 2.24. The van der Waals surface area contributed by atoms with Crippen molar-refractivity contribution >= 4 is 28.5 Å². The number of H-pyrrole nitrogens is 1. The summed E-state index contributed by atoms with van der Waals surface area (Å²) in [6, 6.07) is 3.40. The molecule has 0 spiro atoms. The van der Waals surface area contributed by atoms with Crippen LogP contribution >= 0.6 is 11.6 Å². The molecule has 2 aromatic rings. The molecule has 0 fully saturated rings. The van der Waals surface area contributed by atoms with Crippen LogP contribution in [0.25, 0.3) is 10.9 Å². The second-order valence-electron chi connectivity index (χ2n) is 3.92. The average Bonchev–Trinajstić information content (AvgIpc) is 2.81. The molecule has 1 heterocycles. The van der Waals surface area contributed by atoms with Crippen LogP contribution in [0.2, 0.25) is 5.02 Å². The van der Waals surface area contributed by atoms with Gasteiger partial charge in [0.2, 0.25) is 0 Å². The third-order valence-electron chi connectivity index (χ3n) is 2.81. The molecule has 0 radical (unpaired) electrons. The van der Waals surface area contributed by atoms with Crippen LogP contribution in [0.5, 0.6) is 0 Å². The highest BCUT2D eigenvalue weighted by Gasteiger charge is 2.15. The lowest BCUT2D eigenvalue weighted by molar-refractivity contribution is 0.0697. The van der Waals surface area contributed by atoms with Gasteiger partial charge in [-0.2, -0.15) is 0 Å². The first-order valence-electron chi connectivity index (χ1n) is 5.74. The third-order valence-corrected chi connectivity index (χ3v) is 3.22. The SMILES string of the molecule is CCOCCc1cc(C(=O)O)c(Cl)c2cc[nH]c12. The molecule has 0 bridgehead atoms. The van der Waals surface area contributed by atoms with E-state index in [9.17, 15) is 4.79 Å². The second kappa shape index (κ2) is 5.42. The Kier molecular flexibility index (Phi) is 3.89. The Morgan fingerprint density at radius 3 is 3.00 bits per heavy atom. The number of carbonyl (C=O) groups is 1. The van der Waals surface area contributed by atoms with Crippen molar-refractivity contribution in [3.63, 3.8) is 0 Å². The zero-order valence-electron chi connectivity index (χ0n) is 10.00. The lowest BCUT2D eigenvalue weighted by atomic mass is 10.0. The van der Waals surface area contributed by atoms with Crippen LogP contribution in [0.15, 0.2) is 18.3 Å². The number of hydrogen-bond acceptors (Lipinski definition) is 2. The number of aromatic carboxylic acids is 1. The highest BCUT2D eigenvalue weighted by molar-refractivity contribution is 6.38. The molecule has 2 N–H and O–H groups in total. The molecule has 5 heteroatoms. The van der Waals surface area contributed by atoms with Gasteiger partial charge >= 0.3 is 5.97 Å². The Morgan fingerprint density at radius 1 is 1.56 bits per heavy atom. The fourth-order valence-electron chi connectivity index (χ4n) is 1.95. The number of hydrogen-bond donors (Lipinski definition) is 2. The predicted molar refractivity (Wildman–Crippen MR) is 70.5 cm³/mol. The Hall–Kier alpha value is -1.52. The molecule has 0 unspecified atom stereocenters. The number of nitrogens with one attached hydrogen (secondary N) is 1.